The van der Waals surface area contributed by atoms with Gasteiger partial charge in [-0.1, -0.05) is 13.8 Å². The number of rotatable bonds is 3. The maximum Gasteiger partial charge on any atom is 0.0210 e. The van der Waals surface area contributed by atoms with E-state index in [2.05, 4.69) is 42.5 Å². The molecule has 2 unspecified atom stereocenters. The maximum atomic E-state index is 3.88. The van der Waals surface area contributed by atoms with Crippen LogP contribution in [0, 0.1) is 17.8 Å². The second-order valence-electron chi connectivity index (χ2n) is 7.68. The fourth-order valence-corrected chi connectivity index (χ4v) is 5.67. The van der Waals surface area contributed by atoms with Crippen LogP contribution in [0.5, 0.6) is 0 Å². The van der Waals surface area contributed by atoms with Crippen molar-refractivity contribution >= 4 is 0 Å². The molecule has 2 N–H and O–H groups in total. The minimum Gasteiger partial charge on any atom is -0.365 e. The molecule has 4 aliphatic rings. The number of hydrogen-bond donors (Lipinski definition) is 2. The Hall–Kier alpha value is -0.760. The van der Waals surface area contributed by atoms with E-state index in [0.29, 0.717) is 11.5 Å². The molecule has 4 aliphatic carbocycles. The Balaban J connectivity index is 1.64. The van der Waals surface area contributed by atoms with Crippen LogP contribution >= 0.6 is 0 Å². The van der Waals surface area contributed by atoms with Crippen molar-refractivity contribution in [2.45, 2.75) is 63.5 Å². The van der Waals surface area contributed by atoms with E-state index >= 15 is 0 Å². The van der Waals surface area contributed by atoms with Gasteiger partial charge in [0.1, 0.15) is 0 Å². The van der Waals surface area contributed by atoms with E-state index in [-0.39, 0.29) is 0 Å². The van der Waals surface area contributed by atoms with Gasteiger partial charge in [-0.05, 0) is 62.0 Å². The Labute approximate surface area is 116 Å². The Morgan fingerprint density at radius 1 is 1.21 bits per heavy atom. The molecule has 0 aliphatic heterocycles. The van der Waals surface area contributed by atoms with Crippen molar-refractivity contribution < 1.29 is 0 Å². The van der Waals surface area contributed by atoms with Crippen LogP contribution in [0.1, 0.15) is 51.6 Å². The maximum absolute atomic E-state index is 3.88. The van der Waals surface area contributed by atoms with E-state index in [9.17, 15) is 0 Å². The zero-order valence-corrected chi connectivity index (χ0v) is 12.2. The van der Waals surface area contributed by atoms with Crippen LogP contribution < -0.4 is 5.32 Å². The van der Waals surface area contributed by atoms with Gasteiger partial charge in [0.2, 0.25) is 0 Å². The summed E-state index contributed by atoms with van der Waals surface area (Å²) in [5.74, 6) is 2.82. The lowest BCUT2D eigenvalue weighted by Gasteiger charge is -2.60. The predicted octanol–water partition coefficient (Wildman–Crippen LogP) is 3.46. The van der Waals surface area contributed by atoms with E-state index < -0.39 is 0 Å². The Bertz CT molecular complexity index is 432. The minimum atomic E-state index is 0.495. The molecular formula is C17H26N2. The SMILES string of the molecule is CC(C)NC1C2CC3CC1CC(c1ccc[nH]1)(C3)C2. The molecule has 1 aromatic rings. The van der Waals surface area contributed by atoms with Crippen LogP contribution in [0.4, 0.5) is 0 Å². The van der Waals surface area contributed by atoms with Crippen LogP contribution in [0.25, 0.3) is 0 Å². The largest absolute Gasteiger partial charge is 0.365 e. The van der Waals surface area contributed by atoms with Crippen LogP contribution in [0.3, 0.4) is 0 Å². The molecule has 19 heavy (non-hydrogen) atoms. The highest BCUT2D eigenvalue weighted by Gasteiger charge is 2.56. The summed E-state index contributed by atoms with van der Waals surface area (Å²) >= 11 is 0. The van der Waals surface area contributed by atoms with Gasteiger partial charge in [0.15, 0.2) is 0 Å². The third-order valence-electron chi connectivity index (χ3n) is 5.97. The molecule has 4 saturated carbocycles. The summed E-state index contributed by atoms with van der Waals surface area (Å²) in [6.45, 7) is 4.59. The standard InChI is InChI=1S/C17H26N2/c1-11(2)19-16-13-6-12-7-14(16)10-17(8-12,9-13)15-4-3-5-18-15/h3-5,11-14,16,18-19H,6-10H2,1-2H3. The molecule has 104 valence electrons. The Morgan fingerprint density at radius 2 is 1.95 bits per heavy atom. The van der Waals surface area contributed by atoms with Gasteiger partial charge >= 0.3 is 0 Å². The molecule has 4 bridgehead atoms. The first-order chi connectivity index (χ1) is 9.16. The number of aromatic nitrogens is 1. The predicted molar refractivity (Wildman–Crippen MR) is 78.1 cm³/mol. The third-order valence-corrected chi connectivity index (χ3v) is 5.97. The van der Waals surface area contributed by atoms with E-state index in [1.54, 1.807) is 0 Å². The average molecular weight is 258 g/mol. The van der Waals surface area contributed by atoms with Crippen molar-refractivity contribution in [1.29, 1.82) is 0 Å². The average Bonchev–Trinajstić information content (AvgIpc) is 2.87. The van der Waals surface area contributed by atoms with Gasteiger partial charge < -0.3 is 10.3 Å². The summed E-state index contributed by atoms with van der Waals surface area (Å²) in [6, 6.07) is 5.93. The molecule has 4 fully saturated rings. The molecule has 0 spiro atoms. The first-order valence-corrected chi connectivity index (χ1v) is 8.06. The van der Waals surface area contributed by atoms with Crippen LogP contribution in [-0.2, 0) is 5.41 Å². The highest BCUT2D eigenvalue weighted by atomic mass is 15.0. The Kier molecular flexibility index (Phi) is 2.60. The lowest BCUT2D eigenvalue weighted by Crippen LogP contribution is -2.60. The van der Waals surface area contributed by atoms with Gasteiger partial charge in [0, 0.05) is 29.4 Å². The molecule has 5 rings (SSSR count). The molecule has 1 aromatic heterocycles. The fraction of sp³-hybridized carbons (Fsp3) is 0.765. The molecular weight excluding hydrogens is 232 g/mol. The van der Waals surface area contributed by atoms with Crippen molar-refractivity contribution in [3.8, 4) is 0 Å². The summed E-state index contributed by atoms with van der Waals surface area (Å²) in [4.78, 5) is 3.53. The molecule has 0 saturated heterocycles. The topological polar surface area (TPSA) is 27.8 Å². The fourth-order valence-electron chi connectivity index (χ4n) is 5.67. The smallest absolute Gasteiger partial charge is 0.0210 e. The van der Waals surface area contributed by atoms with Gasteiger partial charge in [-0.3, -0.25) is 0 Å². The van der Waals surface area contributed by atoms with Crippen LogP contribution in [-0.4, -0.2) is 17.1 Å². The van der Waals surface area contributed by atoms with Crippen molar-refractivity contribution in [2.24, 2.45) is 17.8 Å². The molecule has 2 atom stereocenters. The first-order valence-electron chi connectivity index (χ1n) is 8.06. The van der Waals surface area contributed by atoms with Crippen LogP contribution in [0.15, 0.2) is 18.3 Å². The molecule has 1 heterocycles. The highest BCUT2D eigenvalue weighted by molar-refractivity contribution is 5.25. The normalized spacial score (nSPS) is 44.2. The molecule has 0 amide bonds. The summed E-state index contributed by atoms with van der Waals surface area (Å²) in [5, 5.41) is 3.88. The monoisotopic (exact) mass is 258 g/mol. The van der Waals surface area contributed by atoms with Gasteiger partial charge in [-0.25, -0.2) is 0 Å². The molecule has 2 nitrogen and oxygen atoms in total. The number of nitrogens with one attached hydrogen (secondary N) is 2. The second-order valence-corrected chi connectivity index (χ2v) is 7.68. The van der Waals surface area contributed by atoms with Crippen molar-refractivity contribution in [3.63, 3.8) is 0 Å². The lowest BCUT2D eigenvalue weighted by atomic mass is 9.47. The zero-order valence-electron chi connectivity index (χ0n) is 12.2. The number of hydrogen-bond acceptors (Lipinski definition) is 1. The van der Waals surface area contributed by atoms with Gasteiger partial charge in [0.05, 0.1) is 0 Å². The Morgan fingerprint density at radius 3 is 2.53 bits per heavy atom. The second kappa shape index (κ2) is 4.12. The molecule has 0 aromatic carbocycles. The number of H-pyrrole nitrogens is 1. The van der Waals surface area contributed by atoms with Gasteiger partial charge in [0.25, 0.3) is 0 Å². The van der Waals surface area contributed by atoms with E-state index in [0.717, 1.165) is 23.8 Å². The highest BCUT2D eigenvalue weighted by Crippen LogP contribution is 2.60. The summed E-state index contributed by atoms with van der Waals surface area (Å²) in [5.41, 5.74) is 2.02. The molecule has 2 heteroatoms. The third kappa shape index (κ3) is 1.79. The van der Waals surface area contributed by atoms with Gasteiger partial charge in [-0.15, -0.1) is 0 Å². The van der Waals surface area contributed by atoms with E-state index in [4.69, 9.17) is 0 Å². The van der Waals surface area contributed by atoms with E-state index in [1.165, 1.54) is 37.8 Å². The van der Waals surface area contributed by atoms with Crippen molar-refractivity contribution in [1.82, 2.24) is 10.3 Å². The first kappa shape index (κ1) is 12.0. The summed E-state index contributed by atoms with van der Waals surface area (Å²) in [6.07, 6.45) is 9.31. The van der Waals surface area contributed by atoms with E-state index in [1.807, 2.05) is 0 Å². The van der Waals surface area contributed by atoms with Crippen molar-refractivity contribution in [3.05, 3.63) is 24.0 Å². The lowest BCUT2D eigenvalue weighted by molar-refractivity contribution is -0.0387. The summed E-state index contributed by atoms with van der Waals surface area (Å²) < 4.78 is 0. The van der Waals surface area contributed by atoms with Crippen LogP contribution in [0.2, 0.25) is 0 Å². The zero-order chi connectivity index (χ0) is 13.0. The summed E-state index contributed by atoms with van der Waals surface area (Å²) in [7, 11) is 0. The van der Waals surface area contributed by atoms with Gasteiger partial charge in [-0.2, -0.15) is 0 Å². The number of aromatic amines is 1. The van der Waals surface area contributed by atoms with Crippen molar-refractivity contribution in [2.75, 3.05) is 0 Å². The quantitative estimate of drug-likeness (QED) is 0.854. The molecule has 0 radical (unpaired) electrons. The minimum absolute atomic E-state index is 0.495.